The van der Waals surface area contributed by atoms with Crippen molar-refractivity contribution < 1.29 is 0 Å². The van der Waals surface area contributed by atoms with Gasteiger partial charge in [0, 0.05) is 11.3 Å². The van der Waals surface area contributed by atoms with Gasteiger partial charge < -0.3 is 0 Å². The van der Waals surface area contributed by atoms with Crippen LogP contribution in [0, 0.1) is 0 Å². The van der Waals surface area contributed by atoms with Crippen LogP contribution in [0.2, 0.25) is 0 Å². The number of benzene rings is 5. The second-order valence-corrected chi connectivity index (χ2v) is 11.7. The molecule has 0 spiro atoms. The zero-order chi connectivity index (χ0) is 22.4. The van der Waals surface area contributed by atoms with Gasteiger partial charge in [-0.2, -0.15) is 0 Å². The van der Waals surface area contributed by atoms with Crippen LogP contribution in [0.25, 0.3) is 32.7 Å². The third-order valence-electron chi connectivity index (χ3n) is 7.39. The molecule has 0 unspecified atom stereocenters. The Hall–Kier alpha value is -2.95. The topological polar surface area (TPSA) is 0 Å². The van der Waals surface area contributed by atoms with Gasteiger partial charge >= 0.3 is 0 Å². The molecule has 33 heavy (non-hydrogen) atoms. The van der Waals surface area contributed by atoms with Crippen LogP contribution in [-0.4, -0.2) is 0 Å². The van der Waals surface area contributed by atoms with Gasteiger partial charge in [0.1, 0.15) is 0 Å². The lowest BCUT2D eigenvalue weighted by Gasteiger charge is -2.33. The predicted molar refractivity (Wildman–Crippen MR) is 146 cm³/mol. The third kappa shape index (κ3) is 3.24. The van der Waals surface area contributed by atoms with Crippen LogP contribution in [0.15, 0.2) is 103 Å². The van der Waals surface area contributed by atoms with Gasteiger partial charge in [0.05, 0.1) is 0 Å². The maximum Gasteiger partial charge on any atom is 0.00912 e. The number of fused-ring (bicyclic) bond motifs is 7. The second kappa shape index (κ2) is 8.44. The molecule has 2 atom stereocenters. The van der Waals surface area contributed by atoms with Crippen molar-refractivity contribution in [3.8, 4) is 11.1 Å². The Labute approximate surface area is 198 Å². The maximum atomic E-state index is 2.45. The largest absolute Gasteiger partial charge is 0.0644 e. The molecule has 0 fully saturated rings. The van der Waals surface area contributed by atoms with E-state index in [1.165, 1.54) is 38.0 Å². The van der Waals surface area contributed by atoms with Gasteiger partial charge in [-0.3, -0.25) is 0 Å². The highest BCUT2D eigenvalue weighted by molar-refractivity contribution is 7.66. The average Bonchev–Trinajstić information content (AvgIpc) is 3.01. The van der Waals surface area contributed by atoms with Crippen molar-refractivity contribution in [1.82, 2.24) is 0 Å². The summed E-state index contributed by atoms with van der Waals surface area (Å²) in [4.78, 5) is 0. The fraction of sp³-hybridized carbons (Fsp3) is 0.188. The van der Waals surface area contributed by atoms with Crippen molar-refractivity contribution in [2.75, 3.05) is 0 Å². The Kier molecular flexibility index (Phi) is 5.28. The normalized spacial score (nSPS) is 18.1. The standard InChI is InChI=1S/C32H29P/c1-3-29-27-20-18-22-12-8-10-16-25(22)31(27)32-26-17-11-9-13-23(26)19-21-28(32)30(4-2)33(29)24-14-6-5-7-15-24/h5-21,29-30H,3-4H2,1-2H3/t29-,30-/m0/s1. The van der Waals surface area contributed by atoms with Crippen LogP contribution in [0.4, 0.5) is 0 Å². The molecule has 0 aliphatic carbocycles. The summed E-state index contributed by atoms with van der Waals surface area (Å²) in [5.74, 6) is 0. The van der Waals surface area contributed by atoms with E-state index in [9.17, 15) is 0 Å². The van der Waals surface area contributed by atoms with E-state index in [1.807, 2.05) is 0 Å². The van der Waals surface area contributed by atoms with Gasteiger partial charge in [0.2, 0.25) is 0 Å². The molecular formula is C32H29P. The van der Waals surface area contributed by atoms with E-state index in [2.05, 4.69) is 117 Å². The molecule has 0 N–H and O–H groups in total. The molecule has 0 bridgehead atoms. The maximum absolute atomic E-state index is 2.45. The molecular weight excluding hydrogens is 415 g/mol. The molecule has 1 heterocycles. The van der Waals surface area contributed by atoms with E-state index in [-0.39, 0.29) is 0 Å². The Bertz CT molecular complexity index is 1360. The molecule has 1 aliphatic heterocycles. The molecule has 0 saturated carbocycles. The highest BCUT2D eigenvalue weighted by atomic mass is 31.1. The molecule has 5 aromatic carbocycles. The zero-order valence-corrected chi connectivity index (χ0v) is 20.2. The lowest BCUT2D eigenvalue weighted by molar-refractivity contribution is 0.838. The summed E-state index contributed by atoms with van der Waals surface area (Å²) in [5.41, 5.74) is 7.12. The van der Waals surface area contributed by atoms with Crippen molar-refractivity contribution in [3.05, 3.63) is 114 Å². The lowest BCUT2D eigenvalue weighted by Crippen LogP contribution is -2.12. The van der Waals surface area contributed by atoms with Crippen molar-refractivity contribution in [3.63, 3.8) is 0 Å². The monoisotopic (exact) mass is 444 g/mol. The summed E-state index contributed by atoms with van der Waals surface area (Å²) >= 11 is 0. The zero-order valence-electron chi connectivity index (χ0n) is 19.3. The van der Waals surface area contributed by atoms with Gasteiger partial charge in [0.15, 0.2) is 0 Å². The molecule has 0 amide bonds. The van der Waals surface area contributed by atoms with Crippen LogP contribution >= 0.6 is 7.92 Å². The van der Waals surface area contributed by atoms with Crippen LogP contribution < -0.4 is 5.30 Å². The van der Waals surface area contributed by atoms with Crippen molar-refractivity contribution in [1.29, 1.82) is 0 Å². The molecule has 5 aromatic rings. The molecule has 1 heteroatoms. The SMILES string of the molecule is CC[C@H]1c2ccc3ccccc3c2-c2c(ccc3ccccc23)[C@H](CC)P1c1ccccc1. The first-order chi connectivity index (χ1) is 16.3. The summed E-state index contributed by atoms with van der Waals surface area (Å²) in [7, 11) is -0.405. The number of hydrogen-bond donors (Lipinski definition) is 0. The summed E-state index contributed by atoms with van der Waals surface area (Å²) < 4.78 is 0. The Morgan fingerprint density at radius 2 is 0.970 bits per heavy atom. The second-order valence-electron chi connectivity index (χ2n) is 9.09. The van der Waals surface area contributed by atoms with E-state index in [0.29, 0.717) is 11.3 Å². The Balaban J connectivity index is 1.80. The van der Waals surface area contributed by atoms with Crippen LogP contribution in [0.3, 0.4) is 0 Å². The third-order valence-corrected chi connectivity index (χ3v) is 10.9. The molecule has 0 saturated heterocycles. The van der Waals surface area contributed by atoms with Gasteiger partial charge in [-0.25, -0.2) is 0 Å². The van der Waals surface area contributed by atoms with Crippen molar-refractivity contribution in [2.24, 2.45) is 0 Å². The quantitative estimate of drug-likeness (QED) is 0.243. The number of hydrogen-bond acceptors (Lipinski definition) is 0. The summed E-state index contributed by atoms with van der Waals surface area (Å²) in [6.45, 7) is 4.78. The summed E-state index contributed by atoms with van der Waals surface area (Å²) in [6.07, 6.45) is 2.32. The lowest BCUT2D eigenvalue weighted by atomic mass is 9.85. The van der Waals surface area contributed by atoms with Gasteiger partial charge in [0.25, 0.3) is 0 Å². The van der Waals surface area contributed by atoms with E-state index in [4.69, 9.17) is 0 Å². The van der Waals surface area contributed by atoms with Crippen LogP contribution in [0.1, 0.15) is 49.1 Å². The molecule has 1 aliphatic rings. The van der Waals surface area contributed by atoms with Gasteiger partial charge in [-0.1, -0.05) is 125 Å². The molecule has 162 valence electrons. The minimum Gasteiger partial charge on any atom is -0.0644 e. The Morgan fingerprint density at radius 1 is 0.515 bits per heavy atom. The predicted octanol–water partition coefficient (Wildman–Crippen LogP) is 9.38. The first-order valence-corrected chi connectivity index (χ1v) is 13.7. The molecule has 0 aromatic heterocycles. The fourth-order valence-corrected chi connectivity index (χ4v) is 9.49. The van der Waals surface area contributed by atoms with Gasteiger partial charge in [-0.05, 0) is 61.9 Å². The Morgan fingerprint density at radius 3 is 1.45 bits per heavy atom. The van der Waals surface area contributed by atoms with Gasteiger partial charge in [-0.15, -0.1) is 0 Å². The minimum absolute atomic E-state index is 0.405. The minimum atomic E-state index is -0.405. The fourth-order valence-electron chi connectivity index (χ4n) is 6.00. The van der Waals surface area contributed by atoms with E-state index in [0.717, 1.165) is 12.8 Å². The highest BCUT2D eigenvalue weighted by Crippen LogP contribution is 2.68. The van der Waals surface area contributed by atoms with Crippen molar-refractivity contribution >= 4 is 34.8 Å². The van der Waals surface area contributed by atoms with E-state index < -0.39 is 7.92 Å². The van der Waals surface area contributed by atoms with Crippen LogP contribution in [0.5, 0.6) is 0 Å². The van der Waals surface area contributed by atoms with Crippen LogP contribution in [-0.2, 0) is 0 Å². The average molecular weight is 445 g/mol. The summed E-state index contributed by atoms with van der Waals surface area (Å²) in [5, 5.41) is 7.00. The van der Waals surface area contributed by atoms with E-state index >= 15 is 0 Å². The molecule has 0 nitrogen and oxygen atoms in total. The molecule has 0 radical (unpaired) electrons. The highest BCUT2D eigenvalue weighted by Gasteiger charge is 2.37. The first-order valence-electron chi connectivity index (χ1n) is 12.2. The smallest absolute Gasteiger partial charge is 0.00912 e. The van der Waals surface area contributed by atoms with E-state index in [1.54, 1.807) is 11.1 Å². The first kappa shape index (κ1) is 20.6. The number of rotatable bonds is 3. The molecule has 6 rings (SSSR count). The van der Waals surface area contributed by atoms with Crippen molar-refractivity contribution in [2.45, 2.75) is 38.0 Å². The summed E-state index contributed by atoms with van der Waals surface area (Å²) in [6, 6.07) is 38.9.